The minimum absolute atomic E-state index is 0.557. The van der Waals surface area contributed by atoms with Gasteiger partial charge in [0.05, 0.1) is 23.4 Å². The number of ether oxygens (including phenoxy) is 1. The number of morpholine rings is 1. The topological polar surface area (TPSA) is 38.2 Å². The van der Waals surface area contributed by atoms with Gasteiger partial charge in [-0.15, -0.1) is 11.3 Å². The quantitative estimate of drug-likeness (QED) is 0.794. The molecule has 96 valence electrons. The van der Waals surface area contributed by atoms with E-state index < -0.39 is 0 Å². The SMILES string of the molecule is Cc1c(CN2CCOCC2)sc2c(Cl)ncnc12. The molecule has 2 aromatic rings. The van der Waals surface area contributed by atoms with Crippen LogP contribution in [0.15, 0.2) is 6.33 Å². The van der Waals surface area contributed by atoms with Gasteiger partial charge >= 0.3 is 0 Å². The zero-order valence-electron chi connectivity index (χ0n) is 10.1. The Morgan fingerprint density at radius 1 is 1.39 bits per heavy atom. The highest BCUT2D eigenvalue weighted by Gasteiger charge is 2.17. The molecule has 0 aromatic carbocycles. The first-order chi connectivity index (χ1) is 8.75. The van der Waals surface area contributed by atoms with Crippen molar-refractivity contribution in [3.8, 4) is 0 Å². The number of aryl methyl sites for hydroxylation is 1. The molecular formula is C12H14ClN3OS. The van der Waals surface area contributed by atoms with Crippen LogP contribution in [0.3, 0.4) is 0 Å². The van der Waals surface area contributed by atoms with Crippen LogP contribution in [-0.2, 0) is 11.3 Å². The Bertz CT molecular complexity index is 566. The minimum Gasteiger partial charge on any atom is -0.379 e. The molecule has 18 heavy (non-hydrogen) atoms. The lowest BCUT2D eigenvalue weighted by Gasteiger charge is -2.26. The van der Waals surface area contributed by atoms with Gasteiger partial charge in [-0.1, -0.05) is 11.6 Å². The van der Waals surface area contributed by atoms with Crippen LogP contribution in [0, 0.1) is 6.92 Å². The highest BCUT2D eigenvalue weighted by Crippen LogP contribution is 2.33. The molecule has 1 aliphatic heterocycles. The van der Waals surface area contributed by atoms with E-state index in [1.54, 1.807) is 11.3 Å². The second-order valence-electron chi connectivity index (χ2n) is 4.38. The van der Waals surface area contributed by atoms with E-state index in [0.717, 1.165) is 43.1 Å². The van der Waals surface area contributed by atoms with Gasteiger partial charge in [0.2, 0.25) is 0 Å². The van der Waals surface area contributed by atoms with Crippen molar-refractivity contribution in [1.82, 2.24) is 14.9 Å². The van der Waals surface area contributed by atoms with E-state index in [2.05, 4.69) is 21.8 Å². The largest absolute Gasteiger partial charge is 0.379 e. The van der Waals surface area contributed by atoms with Gasteiger partial charge in [-0.05, 0) is 12.5 Å². The van der Waals surface area contributed by atoms with Crippen LogP contribution in [-0.4, -0.2) is 41.2 Å². The first-order valence-electron chi connectivity index (χ1n) is 5.94. The van der Waals surface area contributed by atoms with Crippen LogP contribution in [0.1, 0.15) is 10.4 Å². The summed E-state index contributed by atoms with van der Waals surface area (Å²) >= 11 is 7.82. The molecule has 2 aromatic heterocycles. The third-order valence-corrected chi connectivity index (χ3v) is 4.90. The van der Waals surface area contributed by atoms with Crippen molar-refractivity contribution in [3.63, 3.8) is 0 Å². The molecule has 0 aliphatic carbocycles. The molecule has 1 saturated heterocycles. The summed E-state index contributed by atoms with van der Waals surface area (Å²) in [5, 5.41) is 0.557. The van der Waals surface area contributed by atoms with Crippen molar-refractivity contribution in [2.24, 2.45) is 0 Å². The first kappa shape index (κ1) is 12.3. The maximum absolute atomic E-state index is 6.11. The predicted octanol–water partition coefficient (Wildman–Crippen LogP) is 2.49. The fourth-order valence-corrected chi connectivity index (χ4v) is 3.59. The van der Waals surface area contributed by atoms with Gasteiger partial charge in [-0.2, -0.15) is 0 Å². The van der Waals surface area contributed by atoms with E-state index in [-0.39, 0.29) is 0 Å². The molecule has 4 nitrogen and oxygen atoms in total. The zero-order chi connectivity index (χ0) is 12.5. The standard InChI is InChI=1S/C12H14ClN3OS/c1-8-9(6-16-2-4-17-5-3-16)18-11-10(8)14-7-15-12(11)13/h7H,2-6H2,1H3. The number of aromatic nitrogens is 2. The highest BCUT2D eigenvalue weighted by atomic mass is 35.5. The lowest BCUT2D eigenvalue weighted by Crippen LogP contribution is -2.35. The smallest absolute Gasteiger partial charge is 0.150 e. The Kier molecular flexibility index (Phi) is 3.48. The zero-order valence-corrected chi connectivity index (χ0v) is 11.7. The fourth-order valence-electron chi connectivity index (χ4n) is 2.15. The average Bonchev–Trinajstić information content (AvgIpc) is 2.70. The lowest BCUT2D eigenvalue weighted by molar-refractivity contribution is 0.0346. The second-order valence-corrected chi connectivity index (χ2v) is 5.84. The Morgan fingerprint density at radius 2 is 2.17 bits per heavy atom. The summed E-state index contributed by atoms with van der Waals surface area (Å²) in [5.74, 6) is 0. The highest BCUT2D eigenvalue weighted by molar-refractivity contribution is 7.19. The summed E-state index contributed by atoms with van der Waals surface area (Å²) in [6.07, 6.45) is 1.53. The summed E-state index contributed by atoms with van der Waals surface area (Å²) < 4.78 is 6.36. The van der Waals surface area contributed by atoms with Crippen LogP contribution in [0.2, 0.25) is 5.15 Å². The molecule has 3 heterocycles. The van der Waals surface area contributed by atoms with Crippen molar-refractivity contribution in [2.45, 2.75) is 13.5 Å². The number of halogens is 1. The second kappa shape index (κ2) is 5.09. The van der Waals surface area contributed by atoms with Crippen molar-refractivity contribution in [1.29, 1.82) is 0 Å². The van der Waals surface area contributed by atoms with Gasteiger partial charge in [0.25, 0.3) is 0 Å². The minimum atomic E-state index is 0.557. The molecule has 6 heteroatoms. The summed E-state index contributed by atoms with van der Waals surface area (Å²) in [5.41, 5.74) is 2.22. The normalized spacial score (nSPS) is 17.4. The average molecular weight is 284 g/mol. The van der Waals surface area contributed by atoms with Crippen molar-refractivity contribution in [3.05, 3.63) is 21.9 Å². The molecule has 1 aliphatic rings. The fraction of sp³-hybridized carbons (Fsp3) is 0.500. The molecule has 0 radical (unpaired) electrons. The molecule has 0 N–H and O–H groups in total. The molecule has 3 rings (SSSR count). The van der Waals surface area contributed by atoms with Crippen LogP contribution < -0.4 is 0 Å². The summed E-state index contributed by atoms with van der Waals surface area (Å²) in [6, 6.07) is 0. The van der Waals surface area contributed by atoms with E-state index >= 15 is 0 Å². The maximum Gasteiger partial charge on any atom is 0.150 e. The maximum atomic E-state index is 6.11. The van der Waals surface area contributed by atoms with Crippen molar-refractivity contribution in [2.75, 3.05) is 26.3 Å². The Morgan fingerprint density at radius 3 is 2.89 bits per heavy atom. The van der Waals surface area contributed by atoms with Gasteiger partial charge in [-0.3, -0.25) is 4.90 Å². The number of hydrogen-bond acceptors (Lipinski definition) is 5. The third kappa shape index (κ3) is 2.23. The molecule has 0 spiro atoms. The van der Waals surface area contributed by atoms with Gasteiger partial charge < -0.3 is 4.74 Å². The number of rotatable bonds is 2. The molecule has 0 amide bonds. The van der Waals surface area contributed by atoms with E-state index in [0.29, 0.717) is 5.15 Å². The summed E-state index contributed by atoms with van der Waals surface area (Å²) in [6.45, 7) is 6.69. The summed E-state index contributed by atoms with van der Waals surface area (Å²) in [7, 11) is 0. The molecule has 0 unspecified atom stereocenters. The molecule has 0 atom stereocenters. The van der Waals surface area contributed by atoms with Gasteiger partial charge in [-0.25, -0.2) is 9.97 Å². The van der Waals surface area contributed by atoms with Crippen molar-refractivity contribution >= 4 is 33.2 Å². The van der Waals surface area contributed by atoms with Crippen LogP contribution in [0.5, 0.6) is 0 Å². The number of nitrogens with zero attached hydrogens (tertiary/aromatic N) is 3. The predicted molar refractivity (Wildman–Crippen MR) is 73.3 cm³/mol. The molecular weight excluding hydrogens is 270 g/mol. The molecule has 0 bridgehead atoms. The first-order valence-corrected chi connectivity index (χ1v) is 7.13. The number of fused-ring (bicyclic) bond motifs is 1. The van der Waals surface area contributed by atoms with E-state index in [9.17, 15) is 0 Å². The van der Waals surface area contributed by atoms with E-state index in [1.807, 2.05) is 0 Å². The summed E-state index contributed by atoms with van der Waals surface area (Å²) in [4.78, 5) is 12.1. The molecule has 1 fully saturated rings. The number of thiophene rings is 1. The lowest BCUT2D eigenvalue weighted by atomic mass is 10.2. The van der Waals surface area contributed by atoms with Gasteiger partial charge in [0.15, 0.2) is 0 Å². The third-order valence-electron chi connectivity index (χ3n) is 3.23. The number of hydrogen-bond donors (Lipinski definition) is 0. The van der Waals surface area contributed by atoms with Crippen LogP contribution in [0.25, 0.3) is 10.2 Å². The van der Waals surface area contributed by atoms with Crippen molar-refractivity contribution < 1.29 is 4.74 Å². The van der Waals surface area contributed by atoms with Crippen LogP contribution in [0.4, 0.5) is 0 Å². The van der Waals surface area contributed by atoms with Crippen LogP contribution >= 0.6 is 22.9 Å². The van der Waals surface area contributed by atoms with Gasteiger partial charge in [0.1, 0.15) is 11.5 Å². The Balaban J connectivity index is 1.92. The Hall–Kier alpha value is -0.750. The Labute approximate surface area is 115 Å². The van der Waals surface area contributed by atoms with Gasteiger partial charge in [0, 0.05) is 24.5 Å². The molecule has 0 saturated carbocycles. The van der Waals surface area contributed by atoms with E-state index in [1.165, 1.54) is 16.8 Å². The van der Waals surface area contributed by atoms with E-state index in [4.69, 9.17) is 16.3 Å². The monoisotopic (exact) mass is 283 g/mol.